The minimum Gasteiger partial charge on any atom is -0.383 e. The average Bonchev–Trinajstić information content (AvgIpc) is 3.31. The molecule has 1 saturated heterocycles. The van der Waals surface area contributed by atoms with Gasteiger partial charge in [0.2, 0.25) is 0 Å². The Labute approximate surface area is 168 Å². The lowest BCUT2D eigenvalue weighted by Gasteiger charge is -2.29. The third kappa shape index (κ3) is 3.61. The van der Waals surface area contributed by atoms with E-state index in [-0.39, 0.29) is 5.41 Å². The van der Waals surface area contributed by atoms with Gasteiger partial charge in [0, 0.05) is 48.5 Å². The van der Waals surface area contributed by atoms with Crippen LogP contribution in [0.3, 0.4) is 0 Å². The van der Waals surface area contributed by atoms with Crippen LogP contribution in [0.2, 0.25) is 0 Å². The Hall–Kier alpha value is -2.13. The molecule has 9 heteroatoms. The van der Waals surface area contributed by atoms with Crippen molar-refractivity contribution in [3.8, 4) is 11.3 Å². The summed E-state index contributed by atoms with van der Waals surface area (Å²) < 4.78 is 41.6. The van der Waals surface area contributed by atoms with Crippen LogP contribution in [0.4, 0.5) is 19.0 Å². The molecule has 0 saturated carbocycles. The van der Waals surface area contributed by atoms with Crippen molar-refractivity contribution in [1.29, 1.82) is 0 Å². The van der Waals surface area contributed by atoms with E-state index in [1.54, 1.807) is 0 Å². The largest absolute Gasteiger partial charge is 0.419 e. The van der Waals surface area contributed by atoms with Crippen LogP contribution in [0, 0.1) is 0 Å². The van der Waals surface area contributed by atoms with E-state index in [1.165, 1.54) is 6.20 Å². The number of rotatable bonds is 4. The molecule has 158 valence electrons. The maximum atomic E-state index is 13.2. The summed E-state index contributed by atoms with van der Waals surface area (Å²) in [4.78, 5) is 8.45. The Morgan fingerprint density at radius 1 is 1.24 bits per heavy atom. The smallest absolute Gasteiger partial charge is 0.383 e. The first-order chi connectivity index (χ1) is 13.6. The van der Waals surface area contributed by atoms with Gasteiger partial charge in [-0.05, 0) is 52.5 Å². The van der Waals surface area contributed by atoms with E-state index < -0.39 is 17.6 Å². The van der Waals surface area contributed by atoms with Gasteiger partial charge in [0.15, 0.2) is 0 Å². The molecule has 2 aromatic heterocycles. The molecule has 6 nitrogen and oxygen atoms in total. The van der Waals surface area contributed by atoms with E-state index in [9.17, 15) is 13.2 Å². The van der Waals surface area contributed by atoms with Crippen molar-refractivity contribution in [2.75, 3.05) is 39.5 Å². The van der Waals surface area contributed by atoms with Crippen molar-refractivity contribution in [3.05, 3.63) is 29.6 Å². The van der Waals surface area contributed by atoms with E-state index in [2.05, 4.69) is 40.9 Å². The number of likely N-dealkylation sites (N-methyl/N-ethyl adjacent to an activating group) is 1. The first kappa shape index (κ1) is 20.2. The second kappa shape index (κ2) is 6.98. The fourth-order valence-corrected chi connectivity index (χ4v) is 4.78. The number of fused-ring (bicyclic) bond motifs is 2. The molecule has 0 radical (unpaired) electrons. The van der Waals surface area contributed by atoms with Gasteiger partial charge in [0.1, 0.15) is 5.82 Å². The van der Waals surface area contributed by atoms with E-state index in [0.29, 0.717) is 17.3 Å². The fourth-order valence-electron chi connectivity index (χ4n) is 4.78. The maximum Gasteiger partial charge on any atom is 0.419 e. The van der Waals surface area contributed by atoms with Crippen molar-refractivity contribution in [2.24, 2.45) is 0 Å². The Bertz CT molecular complexity index is 906. The Balaban J connectivity index is 1.61. The number of nitrogen functional groups attached to an aromatic ring is 1. The molecule has 4 rings (SSSR count). The van der Waals surface area contributed by atoms with Crippen LogP contribution in [0.5, 0.6) is 0 Å². The number of anilines is 1. The molecule has 2 aliphatic rings. The Kier molecular flexibility index (Phi) is 4.85. The van der Waals surface area contributed by atoms with Gasteiger partial charge in [-0.3, -0.25) is 9.58 Å². The van der Waals surface area contributed by atoms with E-state index in [1.807, 2.05) is 10.7 Å². The van der Waals surface area contributed by atoms with Crippen LogP contribution in [-0.4, -0.2) is 64.3 Å². The highest BCUT2D eigenvalue weighted by Gasteiger charge is 2.46. The number of alkyl halides is 3. The molecule has 0 bridgehead atoms. The van der Waals surface area contributed by atoms with Gasteiger partial charge in [0.05, 0.1) is 11.3 Å². The first-order valence-electron chi connectivity index (χ1n) is 9.89. The van der Waals surface area contributed by atoms with Crippen LogP contribution in [0.25, 0.3) is 11.3 Å². The number of aryl methyl sites for hydroxylation is 1. The number of likely N-dealkylation sites (tertiary alicyclic amines) is 1. The predicted molar refractivity (Wildman–Crippen MR) is 105 cm³/mol. The van der Waals surface area contributed by atoms with Gasteiger partial charge in [-0.25, -0.2) is 4.98 Å². The van der Waals surface area contributed by atoms with Gasteiger partial charge < -0.3 is 10.6 Å². The molecular formula is C20H27F3N6. The summed E-state index contributed by atoms with van der Waals surface area (Å²) >= 11 is 0. The van der Waals surface area contributed by atoms with Gasteiger partial charge in [-0.2, -0.15) is 18.3 Å². The molecular weight excluding hydrogens is 381 g/mol. The summed E-state index contributed by atoms with van der Waals surface area (Å²) in [7, 11) is 4.16. The van der Waals surface area contributed by atoms with Crippen LogP contribution in [-0.2, 0) is 18.1 Å². The maximum absolute atomic E-state index is 13.2. The third-order valence-electron chi connectivity index (χ3n) is 6.28. The molecule has 0 aromatic carbocycles. The van der Waals surface area contributed by atoms with Crippen LogP contribution < -0.4 is 5.73 Å². The number of nitrogens with zero attached hydrogens (tertiary/aromatic N) is 5. The summed E-state index contributed by atoms with van der Waals surface area (Å²) in [6.07, 6.45) is -1.10. The normalized spacial score (nSPS) is 23.3. The zero-order valence-electron chi connectivity index (χ0n) is 17.0. The summed E-state index contributed by atoms with van der Waals surface area (Å²) in [6.45, 7) is 6.02. The zero-order valence-corrected chi connectivity index (χ0v) is 17.0. The number of hydrogen-bond acceptors (Lipinski definition) is 5. The molecule has 29 heavy (non-hydrogen) atoms. The molecule has 2 N–H and O–H groups in total. The summed E-state index contributed by atoms with van der Waals surface area (Å²) in [5.74, 6) is -0.509. The lowest BCUT2D eigenvalue weighted by Crippen LogP contribution is -2.40. The van der Waals surface area contributed by atoms with Crippen LogP contribution >= 0.6 is 0 Å². The highest BCUT2D eigenvalue weighted by atomic mass is 19.4. The molecule has 1 spiro atoms. The minimum atomic E-state index is -4.54. The van der Waals surface area contributed by atoms with Crippen molar-refractivity contribution in [2.45, 2.75) is 43.9 Å². The molecule has 2 aromatic rings. The predicted octanol–water partition coefficient (Wildman–Crippen LogP) is 2.84. The quantitative estimate of drug-likeness (QED) is 0.843. The van der Waals surface area contributed by atoms with Gasteiger partial charge >= 0.3 is 6.18 Å². The van der Waals surface area contributed by atoms with Crippen LogP contribution in [0.1, 0.15) is 31.0 Å². The number of hydrogen-bond donors (Lipinski definition) is 1. The molecule has 2 atom stereocenters. The molecule has 4 heterocycles. The first-order valence-corrected chi connectivity index (χ1v) is 9.89. The molecule has 0 aliphatic carbocycles. The van der Waals surface area contributed by atoms with E-state index in [4.69, 9.17) is 5.73 Å². The summed E-state index contributed by atoms with van der Waals surface area (Å²) in [5, 5.41) is 4.59. The van der Waals surface area contributed by atoms with Gasteiger partial charge in [-0.15, -0.1) is 0 Å². The number of nitrogens with two attached hydrogens (primary N) is 1. The minimum absolute atomic E-state index is 0.0277. The van der Waals surface area contributed by atoms with Gasteiger partial charge in [-0.1, -0.05) is 0 Å². The van der Waals surface area contributed by atoms with Crippen molar-refractivity contribution >= 4 is 5.82 Å². The number of pyridine rings is 1. The molecule has 1 fully saturated rings. The van der Waals surface area contributed by atoms with E-state index >= 15 is 0 Å². The lowest BCUT2D eigenvalue weighted by molar-refractivity contribution is -0.137. The van der Waals surface area contributed by atoms with Crippen molar-refractivity contribution in [3.63, 3.8) is 0 Å². The third-order valence-corrected chi connectivity index (χ3v) is 6.28. The monoisotopic (exact) mass is 408 g/mol. The topological polar surface area (TPSA) is 63.2 Å². The second-order valence-electron chi connectivity index (χ2n) is 8.65. The van der Waals surface area contributed by atoms with Gasteiger partial charge in [0.25, 0.3) is 0 Å². The highest BCUT2D eigenvalue weighted by molar-refractivity contribution is 5.63. The fraction of sp³-hybridized carbons (Fsp3) is 0.600. The SMILES string of the molecule is CC(CN(C)C)N1CC[C@@]2(CCn3nc(-c4cnc(N)c(C(F)(F)F)c4)cc32)C1. The molecule has 1 unspecified atom stereocenters. The summed E-state index contributed by atoms with van der Waals surface area (Å²) in [5.41, 5.74) is 6.54. The van der Waals surface area contributed by atoms with Crippen LogP contribution in [0.15, 0.2) is 18.3 Å². The molecule has 0 amide bonds. The zero-order chi connectivity index (χ0) is 21.0. The summed E-state index contributed by atoms with van der Waals surface area (Å²) in [6, 6.07) is 3.45. The van der Waals surface area contributed by atoms with Crippen molar-refractivity contribution in [1.82, 2.24) is 24.6 Å². The lowest BCUT2D eigenvalue weighted by atomic mass is 9.82. The Morgan fingerprint density at radius 3 is 2.66 bits per heavy atom. The number of halogens is 3. The van der Waals surface area contributed by atoms with E-state index in [0.717, 1.165) is 50.8 Å². The highest BCUT2D eigenvalue weighted by Crippen LogP contribution is 2.44. The number of aromatic nitrogens is 3. The second-order valence-corrected chi connectivity index (χ2v) is 8.65. The molecule has 2 aliphatic heterocycles. The van der Waals surface area contributed by atoms with Crippen molar-refractivity contribution < 1.29 is 13.2 Å². The average molecular weight is 408 g/mol. The standard InChI is InChI=1S/C20H27F3N6/c1-13(11-27(2)3)28-6-4-19(12-28)5-7-29-17(19)9-16(26-29)14-8-15(20(21,22)23)18(24)25-10-14/h8-10,13H,4-7,11-12H2,1-3H3,(H2,24,25)/t13?,19-/m1/s1. The Morgan fingerprint density at radius 2 is 1.97 bits per heavy atom.